The van der Waals surface area contributed by atoms with Crippen LogP contribution in [0.15, 0.2) is 12.4 Å². The smallest absolute Gasteiger partial charge is 0.352 e. The molecular weight excluding hydrogens is 245 g/mol. The number of imidazole rings is 1. The first kappa shape index (κ1) is 11.6. The van der Waals surface area contributed by atoms with Gasteiger partial charge in [-0.3, -0.25) is 0 Å². The van der Waals surface area contributed by atoms with Gasteiger partial charge in [-0.1, -0.05) is 0 Å². The number of aryl methyl sites for hydroxylation is 1. The van der Waals surface area contributed by atoms with Crippen LogP contribution in [-0.4, -0.2) is 45.6 Å². The van der Waals surface area contributed by atoms with E-state index in [0.29, 0.717) is 22.4 Å². The lowest BCUT2D eigenvalue weighted by Crippen LogP contribution is -2.13. The van der Waals surface area contributed by atoms with Gasteiger partial charge >= 0.3 is 5.97 Å². The molecule has 0 aliphatic rings. The SMILES string of the molecule is [B]N(C)c1nc2[nH]c(C(=O)O)cc2c2c1ncn2C. The highest BCUT2D eigenvalue weighted by Crippen LogP contribution is 2.29. The van der Waals surface area contributed by atoms with Crippen LogP contribution in [0.25, 0.3) is 22.1 Å². The number of carboxylic acid groups (broad SMARTS) is 1. The summed E-state index contributed by atoms with van der Waals surface area (Å²) in [5.41, 5.74) is 1.99. The second-order valence-corrected chi connectivity index (χ2v) is 4.35. The Bertz CT molecular complexity index is 804. The molecule has 0 amide bonds. The van der Waals surface area contributed by atoms with Crippen LogP contribution in [0.1, 0.15) is 10.5 Å². The monoisotopic (exact) mass is 255 g/mol. The average molecular weight is 255 g/mol. The normalized spacial score (nSPS) is 11.3. The average Bonchev–Trinajstić information content (AvgIpc) is 2.91. The number of fused-ring (bicyclic) bond motifs is 3. The van der Waals surface area contributed by atoms with Gasteiger partial charge in [0.15, 0.2) is 0 Å². The highest BCUT2D eigenvalue weighted by atomic mass is 16.4. The van der Waals surface area contributed by atoms with Gasteiger partial charge in [0.1, 0.15) is 22.7 Å². The molecule has 0 saturated heterocycles. The molecule has 0 aliphatic carbocycles. The van der Waals surface area contributed by atoms with Gasteiger partial charge in [-0.2, -0.15) is 0 Å². The zero-order chi connectivity index (χ0) is 13.7. The van der Waals surface area contributed by atoms with Crippen LogP contribution < -0.4 is 4.81 Å². The third-order valence-corrected chi connectivity index (χ3v) is 2.98. The van der Waals surface area contributed by atoms with Crippen molar-refractivity contribution in [3.8, 4) is 0 Å². The van der Waals surface area contributed by atoms with Crippen molar-refractivity contribution in [2.75, 3.05) is 11.9 Å². The molecule has 0 spiro atoms. The van der Waals surface area contributed by atoms with Crippen molar-refractivity contribution in [2.24, 2.45) is 7.05 Å². The van der Waals surface area contributed by atoms with Gasteiger partial charge in [0.05, 0.1) is 11.8 Å². The van der Waals surface area contributed by atoms with E-state index in [4.69, 9.17) is 13.1 Å². The number of anilines is 1. The van der Waals surface area contributed by atoms with Crippen LogP contribution in [0.3, 0.4) is 0 Å². The van der Waals surface area contributed by atoms with Crippen molar-refractivity contribution < 1.29 is 9.90 Å². The molecule has 0 unspecified atom stereocenters. The lowest BCUT2D eigenvalue weighted by atomic mass is 10.2. The molecule has 0 fully saturated rings. The van der Waals surface area contributed by atoms with Crippen molar-refractivity contribution in [1.82, 2.24) is 19.5 Å². The number of rotatable bonds is 2. The van der Waals surface area contributed by atoms with E-state index >= 15 is 0 Å². The van der Waals surface area contributed by atoms with Gasteiger partial charge in [-0.15, -0.1) is 0 Å². The number of carboxylic acids is 1. The molecule has 0 bridgehead atoms. The van der Waals surface area contributed by atoms with E-state index in [1.807, 2.05) is 11.6 Å². The largest absolute Gasteiger partial charge is 0.477 e. The molecule has 0 saturated carbocycles. The summed E-state index contributed by atoms with van der Waals surface area (Å²) in [7, 11) is 9.23. The summed E-state index contributed by atoms with van der Waals surface area (Å²) >= 11 is 0. The Morgan fingerprint density at radius 1 is 1.58 bits per heavy atom. The standard InChI is InChI=1S/C11H10BN5O2/c1-16-4-13-7-8(16)5-3-6(11(18)19)14-9(5)15-10(7)17(2)12/h3-4H,1-2H3,(H,14,15)(H,18,19). The predicted octanol–water partition coefficient (Wildman–Crippen LogP) is 0.667. The van der Waals surface area contributed by atoms with Crippen molar-refractivity contribution >= 4 is 41.8 Å². The molecule has 2 radical (unpaired) electrons. The molecule has 3 aromatic heterocycles. The number of aromatic amines is 1. The second-order valence-electron chi connectivity index (χ2n) is 4.35. The Labute approximate surface area is 109 Å². The number of pyridine rings is 1. The molecular formula is C11H10BN5O2. The van der Waals surface area contributed by atoms with Crippen LogP contribution in [0, 0.1) is 0 Å². The Morgan fingerprint density at radius 3 is 2.95 bits per heavy atom. The van der Waals surface area contributed by atoms with Crippen molar-refractivity contribution in [1.29, 1.82) is 0 Å². The summed E-state index contributed by atoms with van der Waals surface area (Å²) in [6.07, 6.45) is 1.65. The quantitative estimate of drug-likeness (QED) is 0.657. The first-order chi connectivity index (χ1) is 8.99. The van der Waals surface area contributed by atoms with Gasteiger partial charge in [0, 0.05) is 12.4 Å². The van der Waals surface area contributed by atoms with Crippen LogP contribution >= 0.6 is 0 Å². The molecule has 0 aliphatic heterocycles. The van der Waals surface area contributed by atoms with E-state index in [1.165, 1.54) is 4.81 Å². The minimum absolute atomic E-state index is 0.0850. The fourth-order valence-corrected chi connectivity index (χ4v) is 2.14. The van der Waals surface area contributed by atoms with E-state index < -0.39 is 5.97 Å². The molecule has 7 nitrogen and oxygen atoms in total. The van der Waals surface area contributed by atoms with E-state index in [0.717, 1.165) is 5.52 Å². The zero-order valence-electron chi connectivity index (χ0n) is 10.4. The minimum Gasteiger partial charge on any atom is -0.477 e. The highest BCUT2D eigenvalue weighted by molar-refractivity contribution is 6.20. The molecule has 8 heteroatoms. The van der Waals surface area contributed by atoms with Crippen LogP contribution in [-0.2, 0) is 7.05 Å². The number of H-pyrrole nitrogens is 1. The molecule has 3 aromatic rings. The molecule has 19 heavy (non-hydrogen) atoms. The molecule has 94 valence electrons. The van der Waals surface area contributed by atoms with Gasteiger partial charge in [0.2, 0.25) is 7.98 Å². The van der Waals surface area contributed by atoms with E-state index in [9.17, 15) is 4.79 Å². The third-order valence-electron chi connectivity index (χ3n) is 2.98. The first-order valence-corrected chi connectivity index (χ1v) is 5.54. The summed E-state index contributed by atoms with van der Waals surface area (Å²) in [6, 6.07) is 1.55. The summed E-state index contributed by atoms with van der Waals surface area (Å²) in [4.78, 5) is 23.7. The van der Waals surface area contributed by atoms with Crippen molar-refractivity contribution in [2.45, 2.75) is 0 Å². The lowest BCUT2D eigenvalue weighted by molar-refractivity contribution is 0.0691. The highest BCUT2D eigenvalue weighted by Gasteiger charge is 2.17. The minimum atomic E-state index is -1.03. The number of nitrogens with zero attached hydrogens (tertiary/aromatic N) is 4. The number of nitrogens with one attached hydrogen (secondary N) is 1. The Hall–Kier alpha value is -2.51. The third kappa shape index (κ3) is 1.56. The number of carbonyl (C=O) groups is 1. The fraction of sp³-hybridized carbons (Fsp3) is 0.182. The molecule has 3 heterocycles. The Balaban J connectivity index is 2.49. The Morgan fingerprint density at radius 2 is 2.32 bits per heavy atom. The van der Waals surface area contributed by atoms with E-state index in [1.54, 1.807) is 19.4 Å². The van der Waals surface area contributed by atoms with Crippen molar-refractivity contribution in [3.63, 3.8) is 0 Å². The topological polar surface area (TPSA) is 87.0 Å². The molecule has 2 N–H and O–H groups in total. The van der Waals surface area contributed by atoms with Crippen LogP contribution in [0.4, 0.5) is 5.82 Å². The van der Waals surface area contributed by atoms with Crippen LogP contribution in [0.2, 0.25) is 0 Å². The van der Waals surface area contributed by atoms with Gasteiger partial charge in [-0.05, 0) is 13.1 Å². The molecule has 3 rings (SSSR count). The Kier molecular flexibility index (Phi) is 2.28. The second kappa shape index (κ2) is 3.74. The molecule has 0 aromatic carbocycles. The first-order valence-electron chi connectivity index (χ1n) is 5.54. The number of aromatic carboxylic acids is 1. The maximum atomic E-state index is 11.0. The maximum Gasteiger partial charge on any atom is 0.352 e. The predicted molar refractivity (Wildman–Crippen MR) is 71.5 cm³/mol. The number of aromatic nitrogens is 4. The zero-order valence-corrected chi connectivity index (χ0v) is 10.4. The summed E-state index contributed by atoms with van der Waals surface area (Å²) in [6.45, 7) is 0. The van der Waals surface area contributed by atoms with Gasteiger partial charge in [0.25, 0.3) is 0 Å². The summed E-state index contributed by atoms with van der Waals surface area (Å²) in [5, 5.41) is 9.75. The summed E-state index contributed by atoms with van der Waals surface area (Å²) in [5.74, 6) is -0.544. The van der Waals surface area contributed by atoms with Gasteiger partial charge < -0.3 is 19.5 Å². The van der Waals surface area contributed by atoms with E-state index in [-0.39, 0.29) is 5.69 Å². The number of hydrogen-bond acceptors (Lipinski definition) is 4. The lowest BCUT2D eigenvalue weighted by Gasteiger charge is -2.12. The van der Waals surface area contributed by atoms with Crippen LogP contribution in [0.5, 0.6) is 0 Å². The maximum absolute atomic E-state index is 11.0. The fourth-order valence-electron chi connectivity index (χ4n) is 2.14. The summed E-state index contributed by atoms with van der Waals surface area (Å²) < 4.78 is 1.81. The van der Waals surface area contributed by atoms with Gasteiger partial charge in [-0.25, -0.2) is 14.8 Å². The van der Waals surface area contributed by atoms with E-state index in [2.05, 4.69) is 15.0 Å². The number of hydrogen-bond donors (Lipinski definition) is 2. The van der Waals surface area contributed by atoms with Crippen molar-refractivity contribution in [3.05, 3.63) is 18.1 Å². The molecule has 0 atom stereocenters.